The first-order chi connectivity index (χ1) is 15.2. The second-order valence-corrected chi connectivity index (χ2v) is 9.34. The number of aryl methyl sites for hydroxylation is 2. The average Bonchev–Trinajstić information content (AvgIpc) is 2.77. The summed E-state index contributed by atoms with van der Waals surface area (Å²) in [6.45, 7) is 5.87. The molecule has 0 radical (unpaired) electrons. The summed E-state index contributed by atoms with van der Waals surface area (Å²) in [7, 11) is -2.06. The lowest BCUT2D eigenvalue weighted by molar-refractivity contribution is 0.0935. The fourth-order valence-corrected chi connectivity index (χ4v) is 4.46. The molecule has 1 atom stereocenters. The highest BCUT2D eigenvalue weighted by Crippen LogP contribution is 2.25. The van der Waals surface area contributed by atoms with Gasteiger partial charge in [-0.05, 0) is 73.9 Å². The van der Waals surface area contributed by atoms with E-state index in [1.54, 1.807) is 55.6 Å². The molecule has 0 saturated heterocycles. The molecule has 3 aromatic carbocycles. The standard InChI is InChI=1S/C25H28N2O4S/c1-5-23(20-10-15-24(31-4)18(3)16-20)26-25(28)19-8-11-21(12-9-19)27-32(29,30)22-13-6-17(2)7-14-22/h6-16,23,27H,5H2,1-4H3,(H,26,28). The van der Waals surface area contributed by atoms with Crippen molar-refractivity contribution in [1.29, 1.82) is 0 Å². The lowest BCUT2D eigenvalue weighted by Crippen LogP contribution is -2.28. The van der Waals surface area contributed by atoms with Crippen LogP contribution >= 0.6 is 0 Å². The highest BCUT2D eigenvalue weighted by molar-refractivity contribution is 7.92. The van der Waals surface area contributed by atoms with E-state index in [-0.39, 0.29) is 16.8 Å². The summed E-state index contributed by atoms with van der Waals surface area (Å²) in [4.78, 5) is 13.0. The van der Waals surface area contributed by atoms with Crippen molar-refractivity contribution in [1.82, 2.24) is 5.32 Å². The molecule has 168 valence electrons. The number of anilines is 1. The quantitative estimate of drug-likeness (QED) is 0.504. The first-order valence-corrected chi connectivity index (χ1v) is 11.9. The number of nitrogens with one attached hydrogen (secondary N) is 2. The van der Waals surface area contributed by atoms with Crippen LogP contribution in [-0.4, -0.2) is 21.4 Å². The van der Waals surface area contributed by atoms with E-state index in [0.29, 0.717) is 11.3 Å². The van der Waals surface area contributed by atoms with Crippen LogP contribution in [0.3, 0.4) is 0 Å². The van der Waals surface area contributed by atoms with Crippen molar-refractivity contribution < 1.29 is 17.9 Å². The first-order valence-electron chi connectivity index (χ1n) is 10.4. The van der Waals surface area contributed by atoms with Gasteiger partial charge in [-0.25, -0.2) is 8.42 Å². The zero-order chi connectivity index (χ0) is 23.3. The SMILES string of the molecule is CCC(NC(=O)c1ccc(NS(=O)(=O)c2ccc(C)cc2)cc1)c1ccc(OC)c(C)c1. The second kappa shape index (κ2) is 9.87. The van der Waals surface area contributed by atoms with Crippen LogP contribution in [0.15, 0.2) is 71.6 Å². The van der Waals surface area contributed by atoms with Crippen molar-refractivity contribution >= 4 is 21.6 Å². The van der Waals surface area contributed by atoms with Crippen LogP contribution in [0.5, 0.6) is 5.75 Å². The van der Waals surface area contributed by atoms with Crippen LogP contribution in [0.2, 0.25) is 0 Å². The Hall–Kier alpha value is -3.32. The topological polar surface area (TPSA) is 84.5 Å². The number of ether oxygens (including phenoxy) is 1. The molecule has 0 spiro atoms. The maximum absolute atomic E-state index is 12.8. The molecule has 0 aliphatic carbocycles. The van der Waals surface area contributed by atoms with Crippen molar-refractivity contribution in [2.45, 2.75) is 38.1 Å². The van der Waals surface area contributed by atoms with Gasteiger partial charge in [-0.3, -0.25) is 9.52 Å². The molecule has 1 amide bonds. The van der Waals surface area contributed by atoms with Gasteiger partial charge >= 0.3 is 0 Å². The predicted octanol–water partition coefficient (Wildman–Crippen LogP) is 4.99. The Labute approximate surface area is 189 Å². The normalized spacial score (nSPS) is 12.1. The van der Waals surface area contributed by atoms with Gasteiger partial charge in [0.2, 0.25) is 0 Å². The Morgan fingerprint density at radius 3 is 2.19 bits per heavy atom. The van der Waals surface area contributed by atoms with Crippen LogP contribution in [-0.2, 0) is 10.0 Å². The van der Waals surface area contributed by atoms with E-state index in [0.717, 1.165) is 28.9 Å². The van der Waals surface area contributed by atoms with E-state index in [1.807, 2.05) is 39.0 Å². The second-order valence-electron chi connectivity index (χ2n) is 7.66. The molecule has 3 rings (SSSR count). The molecular weight excluding hydrogens is 424 g/mol. The van der Waals surface area contributed by atoms with E-state index >= 15 is 0 Å². The Morgan fingerprint density at radius 2 is 1.62 bits per heavy atom. The van der Waals surface area contributed by atoms with Gasteiger partial charge in [0.05, 0.1) is 18.0 Å². The smallest absolute Gasteiger partial charge is 0.261 e. The van der Waals surface area contributed by atoms with Gasteiger partial charge in [0, 0.05) is 11.3 Å². The number of sulfonamides is 1. The maximum Gasteiger partial charge on any atom is 0.261 e. The molecule has 0 bridgehead atoms. The molecule has 2 N–H and O–H groups in total. The van der Waals surface area contributed by atoms with E-state index in [1.165, 1.54) is 0 Å². The molecule has 0 aromatic heterocycles. The van der Waals surface area contributed by atoms with E-state index in [2.05, 4.69) is 10.0 Å². The minimum Gasteiger partial charge on any atom is -0.496 e. The van der Waals surface area contributed by atoms with E-state index < -0.39 is 10.0 Å². The third-order valence-corrected chi connectivity index (χ3v) is 6.66. The maximum atomic E-state index is 12.8. The number of benzene rings is 3. The number of hydrogen-bond donors (Lipinski definition) is 2. The number of carbonyl (C=O) groups is 1. The van der Waals surface area contributed by atoms with Crippen molar-refractivity contribution in [3.05, 3.63) is 89.0 Å². The lowest BCUT2D eigenvalue weighted by atomic mass is 10.0. The number of amides is 1. The van der Waals surface area contributed by atoms with Crippen LogP contribution in [0.1, 0.15) is 46.4 Å². The minimum absolute atomic E-state index is 0.146. The van der Waals surface area contributed by atoms with Crippen LogP contribution in [0.25, 0.3) is 0 Å². The molecular formula is C25H28N2O4S. The van der Waals surface area contributed by atoms with Crippen molar-refractivity contribution in [2.24, 2.45) is 0 Å². The summed E-state index contributed by atoms with van der Waals surface area (Å²) >= 11 is 0. The van der Waals surface area contributed by atoms with Gasteiger partial charge in [-0.15, -0.1) is 0 Å². The van der Waals surface area contributed by atoms with E-state index in [9.17, 15) is 13.2 Å². The summed E-state index contributed by atoms with van der Waals surface area (Å²) in [6.07, 6.45) is 0.728. The van der Waals surface area contributed by atoms with Crippen molar-refractivity contribution in [2.75, 3.05) is 11.8 Å². The minimum atomic E-state index is -3.69. The Kier molecular flexibility index (Phi) is 7.20. The molecule has 6 nitrogen and oxygen atoms in total. The first kappa shape index (κ1) is 23.3. The Balaban J connectivity index is 1.70. The molecule has 0 aliphatic rings. The van der Waals surface area contributed by atoms with Crippen LogP contribution in [0.4, 0.5) is 5.69 Å². The Bertz CT molecular complexity index is 1190. The number of carbonyl (C=O) groups excluding carboxylic acids is 1. The molecule has 1 unspecified atom stereocenters. The molecule has 0 fully saturated rings. The highest BCUT2D eigenvalue weighted by atomic mass is 32.2. The number of methoxy groups -OCH3 is 1. The van der Waals surface area contributed by atoms with Gasteiger partial charge in [-0.2, -0.15) is 0 Å². The van der Waals surface area contributed by atoms with Crippen molar-refractivity contribution in [3.8, 4) is 5.75 Å². The zero-order valence-electron chi connectivity index (χ0n) is 18.7. The molecule has 0 aliphatic heterocycles. The summed E-state index contributed by atoms with van der Waals surface area (Å²) in [5, 5.41) is 3.04. The van der Waals surface area contributed by atoms with Gasteiger partial charge in [0.25, 0.3) is 15.9 Å². The van der Waals surface area contributed by atoms with Gasteiger partial charge < -0.3 is 10.1 Å². The van der Waals surface area contributed by atoms with E-state index in [4.69, 9.17) is 4.74 Å². The predicted molar refractivity (Wildman–Crippen MR) is 127 cm³/mol. The third-order valence-electron chi connectivity index (χ3n) is 5.27. The van der Waals surface area contributed by atoms with Crippen LogP contribution < -0.4 is 14.8 Å². The summed E-state index contributed by atoms with van der Waals surface area (Å²) in [6, 6.07) is 18.7. The largest absolute Gasteiger partial charge is 0.496 e. The van der Waals surface area contributed by atoms with Gasteiger partial charge in [0.15, 0.2) is 0 Å². The summed E-state index contributed by atoms with van der Waals surface area (Å²) in [5.41, 5.74) is 3.82. The number of rotatable bonds is 8. The number of hydrogen-bond acceptors (Lipinski definition) is 4. The molecule has 3 aromatic rings. The van der Waals surface area contributed by atoms with Crippen molar-refractivity contribution in [3.63, 3.8) is 0 Å². The monoisotopic (exact) mass is 452 g/mol. The fourth-order valence-electron chi connectivity index (χ4n) is 3.40. The molecule has 0 heterocycles. The molecule has 7 heteroatoms. The Morgan fingerprint density at radius 1 is 0.969 bits per heavy atom. The average molecular weight is 453 g/mol. The molecule has 0 saturated carbocycles. The van der Waals surface area contributed by atoms with Gasteiger partial charge in [-0.1, -0.05) is 36.8 Å². The lowest BCUT2D eigenvalue weighted by Gasteiger charge is -2.19. The highest BCUT2D eigenvalue weighted by Gasteiger charge is 2.17. The molecule has 32 heavy (non-hydrogen) atoms. The zero-order valence-corrected chi connectivity index (χ0v) is 19.5. The van der Waals surface area contributed by atoms with Crippen LogP contribution in [0, 0.1) is 13.8 Å². The fraction of sp³-hybridized carbons (Fsp3) is 0.240. The van der Waals surface area contributed by atoms with Gasteiger partial charge in [0.1, 0.15) is 5.75 Å². The summed E-state index contributed by atoms with van der Waals surface area (Å²) < 4.78 is 32.9. The summed E-state index contributed by atoms with van der Waals surface area (Å²) in [5.74, 6) is 0.580. The third kappa shape index (κ3) is 5.48.